The molecular weight excluding hydrogens is 401 g/mol. The lowest BCUT2D eigenvalue weighted by molar-refractivity contribution is -0.134. The van der Waals surface area contributed by atoms with E-state index < -0.39 is 11.1 Å². The summed E-state index contributed by atoms with van der Waals surface area (Å²) in [6.07, 6.45) is 0.0804. The molecule has 1 N–H and O–H groups in total. The highest BCUT2D eigenvalue weighted by Crippen LogP contribution is 2.34. The van der Waals surface area contributed by atoms with Crippen molar-refractivity contribution in [2.75, 3.05) is 13.1 Å². The first-order valence-corrected chi connectivity index (χ1v) is 9.67. The number of benzene rings is 1. The van der Waals surface area contributed by atoms with Gasteiger partial charge in [0.1, 0.15) is 11.2 Å². The van der Waals surface area contributed by atoms with Crippen LogP contribution in [-0.4, -0.2) is 41.6 Å². The second-order valence-electron chi connectivity index (χ2n) is 6.40. The number of nitrogens with one attached hydrogen (secondary N) is 1. The Balaban J connectivity index is 1.57. The summed E-state index contributed by atoms with van der Waals surface area (Å²) in [6, 6.07) is 12.3. The van der Waals surface area contributed by atoms with Crippen LogP contribution in [0.1, 0.15) is 21.7 Å². The lowest BCUT2D eigenvalue weighted by atomic mass is 10.00. The van der Waals surface area contributed by atoms with Crippen LogP contribution in [0.5, 0.6) is 0 Å². The molecule has 0 saturated heterocycles. The van der Waals surface area contributed by atoms with Gasteiger partial charge in [-0.2, -0.15) is 13.2 Å². The molecule has 0 atom stereocenters. The molecule has 1 aromatic carbocycles. The number of halogens is 3. The average Bonchev–Trinajstić information content (AvgIpc) is 3.21. The van der Waals surface area contributed by atoms with Crippen molar-refractivity contribution in [1.82, 2.24) is 9.80 Å². The number of guanidine groups is 1. The third kappa shape index (κ3) is 5.54. The van der Waals surface area contributed by atoms with Crippen LogP contribution < -0.4 is 0 Å². The van der Waals surface area contributed by atoms with Crippen molar-refractivity contribution < 1.29 is 18.0 Å². The molecule has 1 aromatic heterocycles. The number of rotatable bonds is 5. The summed E-state index contributed by atoms with van der Waals surface area (Å²) in [5.74, 6) is 0.00220. The molecule has 0 spiro atoms. The molecule has 5 nitrogen and oxygen atoms in total. The van der Waals surface area contributed by atoms with Crippen molar-refractivity contribution in [2.24, 2.45) is 4.99 Å². The third-order valence-corrected chi connectivity index (χ3v) is 5.51. The number of aliphatic imine (C=N–C) groups is 1. The van der Waals surface area contributed by atoms with E-state index in [0.29, 0.717) is 35.7 Å². The van der Waals surface area contributed by atoms with Gasteiger partial charge in [0.2, 0.25) is 12.4 Å². The molecule has 0 aliphatic carbocycles. The van der Waals surface area contributed by atoms with E-state index in [-0.39, 0.29) is 12.5 Å². The summed E-state index contributed by atoms with van der Waals surface area (Å²) in [5.41, 5.74) is 2.37. The first-order valence-electron chi connectivity index (χ1n) is 8.86. The molecule has 0 radical (unpaired) electrons. The molecule has 152 valence electrons. The molecule has 2 aromatic rings. The van der Waals surface area contributed by atoms with E-state index >= 15 is 0 Å². The Kier molecular flexibility index (Phi) is 6.48. The van der Waals surface area contributed by atoms with Crippen molar-refractivity contribution in [3.05, 3.63) is 63.9 Å². The first-order chi connectivity index (χ1) is 13.9. The first kappa shape index (κ1) is 20.8. The summed E-state index contributed by atoms with van der Waals surface area (Å²) in [4.78, 5) is 17.8. The molecule has 1 aliphatic heterocycles. The molecule has 2 heterocycles. The van der Waals surface area contributed by atoms with Gasteiger partial charge in [-0.15, -0.1) is 11.3 Å². The zero-order valence-corrected chi connectivity index (χ0v) is 16.2. The van der Waals surface area contributed by atoms with Crippen molar-refractivity contribution in [3.63, 3.8) is 0 Å². The van der Waals surface area contributed by atoms with Gasteiger partial charge < -0.3 is 9.80 Å². The van der Waals surface area contributed by atoms with Gasteiger partial charge in [-0.3, -0.25) is 10.2 Å². The van der Waals surface area contributed by atoms with Gasteiger partial charge in [0.15, 0.2) is 0 Å². The number of thiophene rings is 1. The quantitative estimate of drug-likeness (QED) is 0.441. The molecule has 0 unspecified atom stereocenters. The molecule has 9 heteroatoms. The Morgan fingerprint density at radius 2 is 2.00 bits per heavy atom. The van der Waals surface area contributed by atoms with Gasteiger partial charge >= 0.3 is 6.18 Å². The van der Waals surface area contributed by atoms with Crippen LogP contribution in [0.25, 0.3) is 5.57 Å². The molecule has 1 amide bonds. The zero-order chi connectivity index (χ0) is 20.9. The van der Waals surface area contributed by atoms with E-state index in [2.05, 4.69) is 4.99 Å². The summed E-state index contributed by atoms with van der Waals surface area (Å²) in [5, 5.41) is 8.10. The lowest BCUT2D eigenvalue weighted by Crippen LogP contribution is -2.33. The van der Waals surface area contributed by atoms with E-state index in [0.717, 1.165) is 23.0 Å². The van der Waals surface area contributed by atoms with E-state index in [1.807, 2.05) is 36.4 Å². The predicted octanol–water partition coefficient (Wildman–Crippen LogP) is 4.48. The standard InChI is InChI=1S/C20H19F3N4OS/c21-20(22,23)18-7-6-17(29-18)12-26(14-28)13-25-19(24)27-10-8-16(9-11-27)15-4-2-1-3-5-15/h1-8,13-14,24H,9-12H2/b24-19?,25-13-. The van der Waals surface area contributed by atoms with Crippen LogP contribution in [-0.2, 0) is 17.5 Å². The van der Waals surface area contributed by atoms with Crippen LogP contribution in [0.15, 0.2) is 53.5 Å². The summed E-state index contributed by atoms with van der Waals surface area (Å²) < 4.78 is 38.0. The van der Waals surface area contributed by atoms with Crippen molar-refractivity contribution in [3.8, 4) is 0 Å². The normalized spacial score (nSPS) is 14.7. The Morgan fingerprint density at radius 1 is 1.24 bits per heavy atom. The fraction of sp³-hybridized carbons (Fsp3) is 0.250. The van der Waals surface area contributed by atoms with E-state index in [1.165, 1.54) is 18.0 Å². The van der Waals surface area contributed by atoms with Gasteiger partial charge in [-0.05, 0) is 29.7 Å². The highest BCUT2D eigenvalue weighted by Gasteiger charge is 2.32. The number of hydrogen-bond donors (Lipinski definition) is 1. The highest BCUT2D eigenvalue weighted by molar-refractivity contribution is 7.12. The third-order valence-electron chi connectivity index (χ3n) is 4.40. The van der Waals surface area contributed by atoms with E-state index in [9.17, 15) is 18.0 Å². The maximum atomic E-state index is 12.7. The molecule has 0 fully saturated rings. The largest absolute Gasteiger partial charge is 0.425 e. The number of carbonyl (C=O) groups is 1. The van der Waals surface area contributed by atoms with Crippen LogP contribution >= 0.6 is 11.3 Å². The fourth-order valence-corrected chi connectivity index (χ4v) is 3.77. The monoisotopic (exact) mass is 420 g/mol. The van der Waals surface area contributed by atoms with Crippen LogP contribution in [0.4, 0.5) is 13.2 Å². The number of alkyl halides is 3. The number of nitrogens with zero attached hydrogens (tertiary/aromatic N) is 3. The van der Waals surface area contributed by atoms with Crippen molar-refractivity contribution in [2.45, 2.75) is 19.1 Å². The molecule has 3 rings (SSSR count). The molecular formula is C20H19F3N4OS. The van der Waals surface area contributed by atoms with Crippen LogP contribution in [0, 0.1) is 5.41 Å². The van der Waals surface area contributed by atoms with E-state index in [1.54, 1.807) is 4.90 Å². The van der Waals surface area contributed by atoms with Gasteiger partial charge in [-0.1, -0.05) is 36.4 Å². The SMILES string of the molecule is N=C(/N=C\N(C=O)Cc1ccc(C(F)(F)F)s1)N1CC=C(c2ccccc2)CC1. The Hall–Kier alpha value is -2.94. The molecule has 1 aliphatic rings. The van der Waals surface area contributed by atoms with Gasteiger partial charge in [0.05, 0.1) is 6.54 Å². The topological polar surface area (TPSA) is 59.8 Å². The van der Waals surface area contributed by atoms with Crippen molar-refractivity contribution >= 4 is 35.6 Å². The maximum absolute atomic E-state index is 12.7. The number of carbonyl (C=O) groups excluding carboxylic acids is 1. The summed E-state index contributed by atoms with van der Waals surface area (Å²) in [7, 11) is 0. The highest BCUT2D eigenvalue weighted by atomic mass is 32.1. The average molecular weight is 420 g/mol. The zero-order valence-electron chi connectivity index (χ0n) is 15.4. The van der Waals surface area contributed by atoms with Crippen LogP contribution in [0.3, 0.4) is 0 Å². The minimum atomic E-state index is -4.40. The number of amides is 1. The van der Waals surface area contributed by atoms with Gasteiger partial charge in [0, 0.05) is 18.0 Å². The molecule has 29 heavy (non-hydrogen) atoms. The fourth-order valence-electron chi connectivity index (χ4n) is 2.89. The summed E-state index contributed by atoms with van der Waals surface area (Å²) >= 11 is 0.585. The minimum Gasteiger partial charge on any atom is -0.337 e. The van der Waals surface area contributed by atoms with Crippen molar-refractivity contribution in [1.29, 1.82) is 5.41 Å². The predicted molar refractivity (Wildman–Crippen MR) is 108 cm³/mol. The Labute approximate surface area is 170 Å². The lowest BCUT2D eigenvalue weighted by Gasteiger charge is -2.26. The smallest absolute Gasteiger partial charge is 0.337 e. The second kappa shape index (κ2) is 9.04. The maximum Gasteiger partial charge on any atom is 0.425 e. The van der Waals surface area contributed by atoms with E-state index in [4.69, 9.17) is 5.41 Å². The number of hydrogen-bond acceptors (Lipinski definition) is 3. The summed E-state index contributed by atoms with van der Waals surface area (Å²) in [6.45, 7) is 1.12. The Morgan fingerprint density at radius 3 is 2.59 bits per heavy atom. The second-order valence-corrected chi connectivity index (χ2v) is 7.57. The molecule has 0 bridgehead atoms. The van der Waals surface area contributed by atoms with Gasteiger partial charge in [0.25, 0.3) is 0 Å². The minimum absolute atomic E-state index is 0.00220. The van der Waals surface area contributed by atoms with Gasteiger partial charge in [-0.25, -0.2) is 4.99 Å². The molecule has 0 saturated carbocycles. The van der Waals surface area contributed by atoms with Crippen LogP contribution in [0.2, 0.25) is 0 Å². The Bertz CT molecular complexity index is 921.